The van der Waals surface area contributed by atoms with Crippen LogP contribution in [0.4, 0.5) is 0 Å². The molecular weight excluding hydrogens is 232 g/mol. The molecule has 1 aromatic rings. The lowest BCUT2D eigenvalue weighted by molar-refractivity contribution is -0.0514. The third-order valence-electron chi connectivity index (χ3n) is 6.02. The van der Waals surface area contributed by atoms with Crippen LogP contribution in [0, 0.1) is 23.2 Å². The summed E-state index contributed by atoms with van der Waals surface area (Å²) in [5.74, 6) is 3.22. The van der Waals surface area contributed by atoms with Crippen molar-refractivity contribution in [1.29, 1.82) is 0 Å². The first-order chi connectivity index (χ1) is 9.22. The van der Waals surface area contributed by atoms with E-state index in [0.29, 0.717) is 5.41 Å². The summed E-state index contributed by atoms with van der Waals surface area (Å²) in [6, 6.07) is 4.37. The van der Waals surface area contributed by atoms with Crippen LogP contribution in [-0.2, 0) is 13.6 Å². The van der Waals surface area contributed by atoms with Gasteiger partial charge in [0.1, 0.15) is 0 Å². The zero-order chi connectivity index (χ0) is 12.9. The second-order valence-electron chi connectivity index (χ2n) is 7.63. The molecule has 1 N–H and O–H groups in total. The molecule has 1 aromatic heterocycles. The summed E-state index contributed by atoms with van der Waals surface area (Å²) in [5, 5.41) is 3.76. The van der Waals surface area contributed by atoms with Crippen molar-refractivity contribution in [1.82, 2.24) is 9.88 Å². The van der Waals surface area contributed by atoms with E-state index in [1.807, 2.05) is 0 Å². The van der Waals surface area contributed by atoms with Crippen LogP contribution in [0.25, 0.3) is 0 Å². The second-order valence-corrected chi connectivity index (χ2v) is 7.63. The maximum atomic E-state index is 3.76. The summed E-state index contributed by atoms with van der Waals surface area (Å²) in [6.07, 6.45) is 11.3. The molecule has 1 heterocycles. The highest BCUT2D eigenvalue weighted by Gasteiger charge is 2.50. The standard InChI is InChI=1S/C17H26N2/c1-19-4-2-3-16(19)11-18-12-17-8-13-5-14(9-17)7-15(6-13)10-17/h2-4,13-15,18H,5-12H2,1H3. The molecule has 0 unspecified atom stereocenters. The van der Waals surface area contributed by atoms with E-state index in [0.717, 1.165) is 24.3 Å². The molecule has 0 atom stereocenters. The van der Waals surface area contributed by atoms with Crippen molar-refractivity contribution in [2.45, 2.75) is 45.1 Å². The molecule has 19 heavy (non-hydrogen) atoms. The summed E-state index contributed by atoms with van der Waals surface area (Å²) < 4.78 is 2.23. The minimum Gasteiger partial charge on any atom is -0.353 e. The van der Waals surface area contributed by atoms with Crippen molar-refractivity contribution < 1.29 is 0 Å². The molecule has 5 rings (SSSR count). The molecule has 4 fully saturated rings. The summed E-state index contributed by atoms with van der Waals surface area (Å²) in [4.78, 5) is 0. The lowest BCUT2D eigenvalue weighted by Crippen LogP contribution is -2.50. The Hall–Kier alpha value is -0.760. The van der Waals surface area contributed by atoms with Gasteiger partial charge in [-0.15, -0.1) is 0 Å². The summed E-state index contributed by atoms with van der Waals surface area (Å²) in [7, 11) is 2.14. The Morgan fingerprint density at radius 3 is 2.32 bits per heavy atom. The highest BCUT2D eigenvalue weighted by atomic mass is 15.0. The molecule has 0 aliphatic heterocycles. The molecule has 4 saturated carbocycles. The van der Waals surface area contributed by atoms with E-state index in [-0.39, 0.29) is 0 Å². The minimum absolute atomic E-state index is 0.667. The Kier molecular flexibility index (Phi) is 2.77. The maximum absolute atomic E-state index is 3.76. The Morgan fingerprint density at radius 1 is 1.16 bits per heavy atom. The Labute approximate surface area is 116 Å². The summed E-state index contributed by atoms with van der Waals surface area (Å²) in [5.41, 5.74) is 2.07. The largest absolute Gasteiger partial charge is 0.353 e. The van der Waals surface area contributed by atoms with Crippen LogP contribution in [0.1, 0.15) is 44.2 Å². The second kappa shape index (κ2) is 4.37. The van der Waals surface area contributed by atoms with E-state index in [1.165, 1.54) is 31.5 Å². The smallest absolute Gasteiger partial charge is 0.0359 e. The Bertz CT molecular complexity index is 424. The van der Waals surface area contributed by atoms with E-state index in [1.54, 1.807) is 19.3 Å². The SMILES string of the molecule is Cn1cccc1CNCC12CC3CC(CC(C3)C1)C2. The van der Waals surface area contributed by atoms with Crippen LogP contribution >= 0.6 is 0 Å². The van der Waals surface area contributed by atoms with Crippen LogP contribution in [-0.4, -0.2) is 11.1 Å². The number of nitrogens with zero attached hydrogens (tertiary/aromatic N) is 1. The quantitative estimate of drug-likeness (QED) is 0.876. The fourth-order valence-corrected chi connectivity index (χ4v) is 5.64. The normalized spacial score (nSPS) is 39.9. The van der Waals surface area contributed by atoms with Crippen LogP contribution < -0.4 is 5.32 Å². The van der Waals surface area contributed by atoms with E-state index in [4.69, 9.17) is 0 Å². The van der Waals surface area contributed by atoms with E-state index >= 15 is 0 Å². The number of aromatic nitrogens is 1. The summed E-state index contributed by atoms with van der Waals surface area (Å²) >= 11 is 0. The predicted octanol–water partition coefficient (Wildman–Crippen LogP) is 3.33. The van der Waals surface area contributed by atoms with Gasteiger partial charge in [-0.05, 0) is 73.8 Å². The van der Waals surface area contributed by atoms with Crippen LogP contribution in [0.5, 0.6) is 0 Å². The zero-order valence-corrected chi connectivity index (χ0v) is 12.1. The van der Waals surface area contributed by atoms with Crippen molar-refractivity contribution >= 4 is 0 Å². The molecule has 104 valence electrons. The third-order valence-corrected chi connectivity index (χ3v) is 6.02. The van der Waals surface area contributed by atoms with Crippen LogP contribution in [0.3, 0.4) is 0 Å². The molecule has 0 amide bonds. The summed E-state index contributed by atoms with van der Waals surface area (Å²) in [6.45, 7) is 2.28. The predicted molar refractivity (Wildman–Crippen MR) is 77.7 cm³/mol. The van der Waals surface area contributed by atoms with Crippen molar-refractivity contribution in [3.05, 3.63) is 24.0 Å². The van der Waals surface area contributed by atoms with E-state index in [9.17, 15) is 0 Å². The fraction of sp³-hybridized carbons (Fsp3) is 0.765. The molecule has 0 aromatic carbocycles. The van der Waals surface area contributed by atoms with Gasteiger partial charge in [-0.25, -0.2) is 0 Å². The monoisotopic (exact) mass is 258 g/mol. The molecule has 0 saturated heterocycles. The van der Waals surface area contributed by atoms with E-state index < -0.39 is 0 Å². The van der Waals surface area contributed by atoms with E-state index in [2.05, 4.69) is 35.3 Å². The topological polar surface area (TPSA) is 17.0 Å². The molecule has 4 bridgehead atoms. The van der Waals surface area contributed by atoms with Crippen LogP contribution in [0.2, 0.25) is 0 Å². The highest BCUT2D eigenvalue weighted by Crippen LogP contribution is 2.59. The van der Waals surface area contributed by atoms with Gasteiger partial charge in [-0.3, -0.25) is 0 Å². The molecule has 0 spiro atoms. The molecular formula is C17H26N2. The first-order valence-electron chi connectivity index (χ1n) is 8.03. The van der Waals surface area contributed by atoms with Gasteiger partial charge < -0.3 is 9.88 Å². The van der Waals surface area contributed by atoms with Crippen molar-refractivity contribution in [2.75, 3.05) is 6.54 Å². The molecule has 4 aliphatic carbocycles. The number of aryl methyl sites for hydroxylation is 1. The molecule has 0 radical (unpaired) electrons. The Balaban J connectivity index is 1.39. The van der Waals surface area contributed by atoms with Gasteiger partial charge in [0.15, 0.2) is 0 Å². The van der Waals surface area contributed by atoms with Crippen molar-refractivity contribution in [2.24, 2.45) is 30.2 Å². The molecule has 2 heteroatoms. The highest BCUT2D eigenvalue weighted by molar-refractivity contribution is 5.07. The molecule has 4 aliphatic rings. The van der Waals surface area contributed by atoms with Gasteiger partial charge in [0, 0.05) is 32.0 Å². The lowest BCUT2D eigenvalue weighted by Gasteiger charge is -2.57. The van der Waals surface area contributed by atoms with Gasteiger partial charge in [0.05, 0.1) is 0 Å². The first-order valence-corrected chi connectivity index (χ1v) is 8.03. The van der Waals surface area contributed by atoms with Gasteiger partial charge in [0.25, 0.3) is 0 Å². The zero-order valence-electron chi connectivity index (χ0n) is 12.1. The Morgan fingerprint density at radius 2 is 1.79 bits per heavy atom. The van der Waals surface area contributed by atoms with Gasteiger partial charge in [0.2, 0.25) is 0 Å². The number of hydrogen-bond acceptors (Lipinski definition) is 1. The van der Waals surface area contributed by atoms with Gasteiger partial charge >= 0.3 is 0 Å². The van der Waals surface area contributed by atoms with Crippen LogP contribution in [0.15, 0.2) is 18.3 Å². The lowest BCUT2D eigenvalue weighted by atomic mass is 9.49. The van der Waals surface area contributed by atoms with Crippen molar-refractivity contribution in [3.8, 4) is 0 Å². The number of hydrogen-bond donors (Lipinski definition) is 1. The average molecular weight is 258 g/mol. The third kappa shape index (κ3) is 2.14. The number of nitrogens with one attached hydrogen (secondary N) is 1. The van der Waals surface area contributed by atoms with Gasteiger partial charge in [-0.2, -0.15) is 0 Å². The number of rotatable bonds is 4. The molecule has 2 nitrogen and oxygen atoms in total. The van der Waals surface area contributed by atoms with Crippen molar-refractivity contribution in [3.63, 3.8) is 0 Å². The maximum Gasteiger partial charge on any atom is 0.0359 e. The minimum atomic E-state index is 0.667. The fourth-order valence-electron chi connectivity index (χ4n) is 5.64. The van der Waals surface area contributed by atoms with Gasteiger partial charge in [-0.1, -0.05) is 0 Å². The average Bonchev–Trinajstić information content (AvgIpc) is 2.73. The first kappa shape index (κ1) is 12.0.